The highest BCUT2D eigenvalue weighted by molar-refractivity contribution is 5.90. The summed E-state index contributed by atoms with van der Waals surface area (Å²) in [6.07, 6.45) is 1.13. The lowest BCUT2D eigenvalue weighted by Crippen LogP contribution is -2.20. The Morgan fingerprint density at radius 1 is 1.36 bits per heavy atom. The van der Waals surface area contributed by atoms with E-state index in [-0.39, 0.29) is 6.54 Å². The van der Waals surface area contributed by atoms with Gasteiger partial charge in [-0.3, -0.25) is 4.79 Å². The fraction of sp³-hybridized carbons (Fsp3) is 0.250. The second kappa shape index (κ2) is 5.68. The quantitative estimate of drug-likeness (QED) is 0.648. The SMILES string of the molecule is O=C(Cn1cnc([N+](=O)[O-])n1)Nc1ccc2c(c1)OCCO2. The van der Waals surface area contributed by atoms with Crippen LogP contribution in [0.25, 0.3) is 0 Å². The van der Waals surface area contributed by atoms with Crippen LogP contribution in [0.15, 0.2) is 24.5 Å². The maximum absolute atomic E-state index is 11.9. The molecule has 0 radical (unpaired) electrons. The van der Waals surface area contributed by atoms with Gasteiger partial charge in [0.2, 0.25) is 12.2 Å². The molecular formula is C12H11N5O5. The molecule has 0 spiro atoms. The number of anilines is 1. The topological polar surface area (TPSA) is 121 Å². The average molecular weight is 305 g/mol. The zero-order valence-electron chi connectivity index (χ0n) is 11.3. The number of carbonyl (C=O) groups excluding carboxylic acids is 1. The first-order chi connectivity index (χ1) is 10.6. The van der Waals surface area contributed by atoms with E-state index in [2.05, 4.69) is 15.4 Å². The summed E-state index contributed by atoms with van der Waals surface area (Å²) in [6, 6.07) is 5.02. The van der Waals surface area contributed by atoms with E-state index in [9.17, 15) is 14.9 Å². The molecule has 0 aliphatic carbocycles. The van der Waals surface area contributed by atoms with Gasteiger partial charge in [0.1, 0.15) is 19.8 Å². The highest BCUT2D eigenvalue weighted by Gasteiger charge is 2.16. The van der Waals surface area contributed by atoms with Gasteiger partial charge in [-0.25, -0.2) is 0 Å². The molecule has 0 atom stereocenters. The molecule has 2 aromatic rings. The highest BCUT2D eigenvalue weighted by Crippen LogP contribution is 2.32. The van der Waals surface area contributed by atoms with Crippen molar-refractivity contribution in [3.05, 3.63) is 34.6 Å². The Labute approximate surface area is 123 Å². The number of nitro groups is 1. The predicted octanol–water partition coefficient (Wildman–Crippen LogP) is 0.596. The highest BCUT2D eigenvalue weighted by atomic mass is 16.6. The van der Waals surface area contributed by atoms with Crippen LogP contribution in [0.4, 0.5) is 11.6 Å². The predicted molar refractivity (Wildman–Crippen MR) is 72.7 cm³/mol. The van der Waals surface area contributed by atoms with Crippen LogP contribution in [0, 0.1) is 10.1 Å². The normalized spacial score (nSPS) is 12.7. The van der Waals surface area contributed by atoms with Gasteiger partial charge < -0.3 is 24.9 Å². The van der Waals surface area contributed by atoms with E-state index >= 15 is 0 Å². The van der Waals surface area contributed by atoms with E-state index in [4.69, 9.17) is 9.47 Å². The van der Waals surface area contributed by atoms with Gasteiger partial charge in [0.15, 0.2) is 11.5 Å². The minimum absolute atomic E-state index is 0.185. The van der Waals surface area contributed by atoms with Gasteiger partial charge in [0.05, 0.1) is 0 Å². The Balaban J connectivity index is 1.65. The molecule has 1 N–H and O–H groups in total. The number of hydrogen-bond donors (Lipinski definition) is 1. The summed E-state index contributed by atoms with van der Waals surface area (Å²) in [5.74, 6) is 0.236. The summed E-state index contributed by atoms with van der Waals surface area (Å²) in [6.45, 7) is 0.756. The lowest BCUT2D eigenvalue weighted by Gasteiger charge is -2.18. The van der Waals surface area contributed by atoms with Gasteiger partial charge in [-0.15, -0.1) is 0 Å². The molecule has 0 saturated heterocycles. The summed E-state index contributed by atoms with van der Waals surface area (Å²) < 4.78 is 11.9. The van der Waals surface area contributed by atoms with Crippen molar-refractivity contribution in [3.8, 4) is 11.5 Å². The van der Waals surface area contributed by atoms with Crippen molar-refractivity contribution in [1.29, 1.82) is 0 Å². The fourth-order valence-corrected chi connectivity index (χ4v) is 1.91. The largest absolute Gasteiger partial charge is 0.490 e. The molecule has 0 fully saturated rings. The number of amides is 1. The van der Waals surface area contributed by atoms with Gasteiger partial charge in [0.25, 0.3) is 0 Å². The molecule has 10 heteroatoms. The fourth-order valence-electron chi connectivity index (χ4n) is 1.91. The first kappa shape index (κ1) is 13.8. The van der Waals surface area contributed by atoms with Crippen LogP contribution in [-0.4, -0.2) is 38.8 Å². The van der Waals surface area contributed by atoms with Crippen molar-refractivity contribution in [3.63, 3.8) is 0 Å². The molecule has 0 unspecified atom stereocenters. The smallest absolute Gasteiger partial charge is 0.486 e. The third kappa shape index (κ3) is 2.95. The van der Waals surface area contributed by atoms with E-state index in [1.165, 1.54) is 0 Å². The van der Waals surface area contributed by atoms with Gasteiger partial charge >= 0.3 is 5.95 Å². The Hall–Kier alpha value is -3.17. The number of rotatable bonds is 4. The molecule has 1 amide bonds. The van der Waals surface area contributed by atoms with Crippen molar-refractivity contribution in [2.24, 2.45) is 0 Å². The second-order valence-corrected chi connectivity index (χ2v) is 4.41. The molecular weight excluding hydrogens is 294 g/mol. The van der Waals surface area contributed by atoms with Crippen LogP contribution in [0.1, 0.15) is 0 Å². The molecule has 0 bridgehead atoms. The standard InChI is InChI=1S/C12H11N5O5/c18-11(6-16-7-13-12(15-16)17(19)20)14-8-1-2-9-10(5-8)22-4-3-21-9/h1-2,5,7H,3-4,6H2,(H,14,18). The molecule has 1 aliphatic rings. The zero-order chi connectivity index (χ0) is 15.5. The molecule has 1 aliphatic heterocycles. The summed E-state index contributed by atoms with van der Waals surface area (Å²) >= 11 is 0. The van der Waals surface area contributed by atoms with Crippen molar-refractivity contribution < 1.29 is 19.2 Å². The molecule has 1 aromatic heterocycles. The van der Waals surface area contributed by atoms with Crippen molar-refractivity contribution in [2.45, 2.75) is 6.54 Å². The minimum atomic E-state index is -0.727. The molecule has 2 heterocycles. The van der Waals surface area contributed by atoms with Crippen LogP contribution in [-0.2, 0) is 11.3 Å². The first-order valence-corrected chi connectivity index (χ1v) is 6.35. The van der Waals surface area contributed by atoms with E-state index in [0.29, 0.717) is 30.4 Å². The van der Waals surface area contributed by atoms with E-state index in [1.54, 1.807) is 18.2 Å². The lowest BCUT2D eigenvalue weighted by atomic mass is 10.2. The van der Waals surface area contributed by atoms with Crippen LogP contribution in [0.5, 0.6) is 11.5 Å². The van der Waals surface area contributed by atoms with Gasteiger partial charge in [-0.1, -0.05) is 4.98 Å². The number of carbonyl (C=O) groups is 1. The van der Waals surface area contributed by atoms with Crippen molar-refractivity contribution in [1.82, 2.24) is 14.8 Å². The Kier molecular flexibility index (Phi) is 3.56. The van der Waals surface area contributed by atoms with Crippen LogP contribution < -0.4 is 14.8 Å². The van der Waals surface area contributed by atoms with Crippen molar-refractivity contribution >= 4 is 17.5 Å². The Bertz CT molecular complexity index is 728. The van der Waals surface area contributed by atoms with E-state index in [1.807, 2.05) is 0 Å². The van der Waals surface area contributed by atoms with Crippen LogP contribution >= 0.6 is 0 Å². The number of aromatic nitrogens is 3. The van der Waals surface area contributed by atoms with Crippen LogP contribution in [0.3, 0.4) is 0 Å². The van der Waals surface area contributed by atoms with Crippen LogP contribution in [0.2, 0.25) is 0 Å². The number of nitrogens with zero attached hydrogens (tertiary/aromatic N) is 4. The molecule has 1 aromatic carbocycles. The number of benzene rings is 1. The minimum Gasteiger partial charge on any atom is -0.486 e. The Morgan fingerprint density at radius 2 is 2.14 bits per heavy atom. The van der Waals surface area contributed by atoms with Gasteiger partial charge in [0, 0.05) is 16.9 Å². The summed E-state index contributed by atoms with van der Waals surface area (Å²) in [5, 5.41) is 16.7. The molecule has 3 rings (SSSR count). The average Bonchev–Trinajstić information content (AvgIpc) is 2.95. The lowest BCUT2D eigenvalue weighted by molar-refractivity contribution is -0.394. The maximum Gasteiger partial charge on any atom is 0.490 e. The van der Waals surface area contributed by atoms with E-state index < -0.39 is 16.8 Å². The summed E-state index contributed by atoms with van der Waals surface area (Å²) in [4.78, 5) is 25.1. The number of nitrogens with one attached hydrogen (secondary N) is 1. The zero-order valence-corrected chi connectivity index (χ0v) is 11.3. The maximum atomic E-state index is 11.9. The second-order valence-electron chi connectivity index (χ2n) is 4.41. The number of fused-ring (bicyclic) bond motifs is 1. The van der Waals surface area contributed by atoms with E-state index in [0.717, 1.165) is 11.0 Å². The third-order valence-electron chi connectivity index (χ3n) is 2.82. The molecule has 114 valence electrons. The molecule has 10 nitrogen and oxygen atoms in total. The van der Waals surface area contributed by atoms with Crippen molar-refractivity contribution in [2.75, 3.05) is 18.5 Å². The summed E-state index contributed by atoms with van der Waals surface area (Å²) in [7, 11) is 0. The monoisotopic (exact) mass is 305 g/mol. The van der Waals surface area contributed by atoms with Gasteiger partial charge in [-0.05, 0) is 17.1 Å². The number of hydrogen-bond acceptors (Lipinski definition) is 7. The Morgan fingerprint density at radius 3 is 2.86 bits per heavy atom. The molecule has 22 heavy (non-hydrogen) atoms. The first-order valence-electron chi connectivity index (χ1n) is 6.35. The number of ether oxygens (including phenoxy) is 2. The van der Waals surface area contributed by atoms with Gasteiger partial charge in [-0.2, -0.15) is 4.68 Å². The third-order valence-corrected chi connectivity index (χ3v) is 2.82. The molecule has 0 saturated carbocycles. The summed E-state index contributed by atoms with van der Waals surface area (Å²) in [5.41, 5.74) is 0.531.